The molecule has 27 heavy (non-hydrogen) atoms. The van der Waals surface area contributed by atoms with E-state index in [9.17, 15) is 19.3 Å². The van der Waals surface area contributed by atoms with Crippen LogP contribution in [-0.2, 0) is 11.3 Å². The Morgan fingerprint density at radius 3 is 2.70 bits per heavy atom. The minimum atomic E-state index is -0.662. The van der Waals surface area contributed by atoms with E-state index in [1.165, 1.54) is 37.4 Å². The Balaban J connectivity index is 2.15. The van der Waals surface area contributed by atoms with E-state index in [-0.39, 0.29) is 28.5 Å². The Morgan fingerprint density at radius 1 is 1.41 bits per heavy atom. The zero-order valence-electron chi connectivity index (χ0n) is 15.0. The van der Waals surface area contributed by atoms with Crippen molar-refractivity contribution in [2.45, 2.75) is 19.5 Å². The second-order valence-electron chi connectivity index (χ2n) is 5.92. The van der Waals surface area contributed by atoms with Gasteiger partial charge in [-0.05, 0) is 32.2 Å². The normalized spacial score (nSPS) is 11.9. The summed E-state index contributed by atoms with van der Waals surface area (Å²) >= 11 is 6.03. The summed E-state index contributed by atoms with van der Waals surface area (Å²) in [6, 6.07) is 7.62. The fourth-order valence-corrected chi connectivity index (χ4v) is 2.64. The molecule has 2 aromatic rings. The Bertz CT molecular complexity index is 842. The summed E-state index contributed by atoms with van der Waals surface area (Å²) in [7, 11) is 3.05. The van der Waals surface area contributed by atoms with Gasteiger partial charge in [0.15, 0.2) is 0 Å². The zero-order valence-corrected chi connectivity index (χ0v) is 15.8. The van der Waals surface area contributed by atoms with Crippen LogP contribution in [-0.4, -0.2) is 35.9 Å². The van der Waals surface area contributed by atoms with E-state index in [0.717, 1.165) is 0 Å². The van der Waals surface area contributed by atoms with Gasteiger partial charge in [0.2, 0.25) is 5.91 Å². The van der Waals surface area contributed by atoms with Crippen molar-refractivity contribution < 1.29 is 18.8 Å². The Kier molecular flexibility index (Phi) is 6.70. The molecule has 0 saturated heterocycles. The topological polar surface area (TPSA) is 84.7 Å². The summed E-state index contributed by atoms with van der Waals surface area (Å²) in [5.74, 6) is -0.591. The molecule has 0 heterocycles. The van der Waals surface area contributed by atoms with Crippen molar-refractivity contribution in [1.82, 2.24) is 4.90 Å². The highest BCUT2D eigenvalue weighted by Gasteiger charge is 2.22. The van der Waals surface area contributed by atoms with Gasteiger partial charge in [0.25, 0.3) is 5.69 Å². The number of amides is 1. The third-order valence-electron chi connectivity index (χ3n) is 4.16. The molecule has 0 spiro atoms. The molecule has 0 aliphatic rings. The van der Waals surface area contributed by atoms with Crippen LogP contribution in [0.2, 0.25) is 5.02 Å². The first-order valence-electron chi connectivity index (χ1n) is 8.01. The molecule has 0 aliphatic carbocycles. The number of methoxy groups -OCH3 is 1. The summed E-state index contributed by atoms with van der Waals surface area (Å²) in [5.41, 5.74) is 0.292. The van der Waals surface area contributed by atoms with Gasteiger partial charge < -0.3 is 10.1 Å². The molecule has 0 aliphatic heterocycles. The second-order valence-corrected chi connectivity index (χ2v) is 6.33. The molecule has 0 aromatic heterocycles. The third-order valence-corrected chi connectivity index (χ3v) is 4.52. The average Bonchev–Trinajstić information content (AvgIpc) is 2.63. The van der Waals surface area contributed by atoms with Gasteiger partial charge in [-0.15, -0.1) is 0 Å². The molecule has 2 aromatic carbocycles. The largest absolute Gasteiger partial charge is 0.495 e. The first-order valence-corrected chi connectivity index (χ1v) is 8.38. The smallest absolute Gasteiger partial charge is 0.271 e. The lowest BCUT2D eigenvalue weighted by molar-refractivity contribution is -0.384. The molecule has 1 unspecified atom stereocenters. The van der Waals surface area contributed by atoms with Crippen LogP contribution in [0.1, 0.15) is 12.5 Å². The molecule has 0 fully saturated rings. The molecule has 9 heteroatoms. The maximum absolute atomic E-state index is 13.9. The van der Waals surface area contributed by atoms with Crippen molar-refractivity contribution >= 4 is 28.9 Å². The number of hydrogen-bond acceptors (Lipinski definition) is 5. The predicted octanol–water partition coefficient (Wildman–Crippen LogP) is 3.85. The summed E-state index contributed by atoms with van der Waals surface area (Å²) in [6.45, 7) is 1.75. The minimum absolute atomic E-state index is 0.117. The lowest BCUT2D eigenvalue weighted by Gasteiger charge is -2.24. The number of ether oxygens (including phenoxy) is 1. The van der Waals surface area contributed by atoms with Gasteiger partial charge in [-0.25, -0.2) is 4.39 Å². The molecular formula is C18H19ClFN3O4. The van der Waals surface area contributed by atoms with Crippen molar-refractivity contribution in [1.29, 1.82) is 0 Å². The molecule has 144 valence electrons. The number of carbonyl (C=O) groups excluding carboxylic acids is 1. The summed E-state index contributed by atoms with van der Waals surface area (Å²) < 4.78 is 19.1. The van der Waals surface area contributed by atoms with Crippen molar-refractivity contribution in [3.63, 3.8) is 0 Å². The van der Waals surface area contributed by atoms with Crippen LogP contribution >= 0.6 is 11.6 Å². The van der Waals surface area contributed by atoms with Crippen molar-refractivity contribution in [3.8, 4) is 5.75 Å². The monoisotopic (exact) mass is 395 g/mol. The third kappa shape index (κ3) is 4.93. The standard InChI is InChI=1S/C18H19ClFN3O4/c1-11(22(2)10-13-14(19)5-4-6-15(13)20)18(24)21-16-9-12(23(25)26)7-8-17(16)27-3/h4-9,11H,10H2,1-3H3,(H,21,24). The van der Waals surface area contributed by atoms with Crippen LogP contribution in [0.25, 0.3) is 0 Å². The number of carbonyl (C=O) groups is 1. The van der Waals surface area contributed by atoms with Crippen molar-refractivity contribution in [2.75, 3.05) is 19.5 Å². The van der Waals surface area contributed by atoms with E-state index in [2.05, 4.69) is 5.32 Å². The van der Waals surface area contributed by atoms with Crippen LogP contribution in [0.15, 0.2) is 36.4 Å². The van der Waals surface area contributed by atoms with E-state index < -0.39 is 22.7 Å². The fourth-order valence-electron chi connectivity index (χ4n) is 2.41. The number of anilines is 1. The molecule has 0 saturated carbocycles. The van der Waals surface area contributed by atoms with Gasteiger partial charge in [-0.1, -0.05) is 17.7 Å². The first kappa shape index (κ1) is 20.6. The lowest BCUT2D eigenvalue weighted by atomic mass is 10.1. The number of nitrogens with zero attached hydrogens (tertiary/aromatic N) is 2. The number of nitrogens with one attached hydrogen (secondary N) is 1. The summed E-state index contributed by atoms with van der Waals surface area (Å²) in [5, 5.41) is 13.8. The Labute approximate surface area is 160 Å². The predicted molar refractivity (Wildman–Crippen MR) is 101 cm³/mol. The molecule has 2 rings (SSSR count). The van der Waals surface area contributed by atoms with Crippen LogP contribution in [0.5, 0.6) is 5.75 Å². The highest BCUT2D eigenvalue weighted by molar-refractivity contribution is 6.31. The van der Waals surface area contributed by atoms with Gasteiger partial charge in [0.05, 0.1) is 23.8 Å². The van der Waals surface area contributed by atoms with Gasteiger partial charge in [-0.3, -0.25) is 19.8 Å². The number of nitro benzene ring substituents is 1. The molecule has 0 bridgehead atoms. The van der Waals surface area contributed by atoms with Gasteiger partial charge in [0, 0.05) is 29.3 Å². The molecule has 1 amide bonds. The quantitative estimate of drug-likeness (QED) is 0.568. The minimum Gasteiger partial charge on any atom is -0.495 e. The van der Waals surface area contributed by atoms with Gasteiger partial charge in [0.1, 0.15) is 11.6 Å². The maximum atomic E-state index is 13.9. The molecule has 7 nitrogen and oxygen atoms in total. The van der Waals surface area contributed by atoms with E-state index in [1.54, 1.807) is 24.9 Å². The number of hydrogen-bond donors (Lipinski definition) is 1. The Hall–Kier alpha value is -2.71. The van der Waals surface area contributed by atoms with E-state index in [0.29, 0.717) is 5.75 Å². The molecular weight excluding hydrogens is 377 g/mol. The molecule has 1 N–H and O–H groups in total. The highest BCUT2D eigenvalue weighted by Crippen LogP contribution is 2.29. The summed E-state index contributed by atoms with van der Waals surface area (Å²) in [4.78, 5) is 24.6. The number of halogens is 2. The number of non-ortho nitro benzene ring substituents is 1. The van der Waals surface area contributed by atoms with E-state index >= 15 is 0 Å². The van der Waals surface area contributed by atoms with Gasteiger partial charge >= 0.3 is 0 Å². The van der Waals surface area contributed by atoms with Crippen LogP contribution < -0.4 is 10.1 Å². The molecule has 0 radical (unpaired) electrons. The molecule has 1 atom stereocenters. The van der Waals surface area contributed by atoms with E-state index in [4.69, 9.17) is 16.3 Å². The first-order chi connectivity index (χ1) is 12.7. The number of nitro groups is 1. The Morgan fingerprint density at radius 2 is 2.11 bits per heavy atom. The van der Waals surface area contributed by atoms with Crippen LogP contribution in [0.3, 0.4) is 0 Å². The maximum Gasteiger partial charge on any atom is 0.271 e. The number of rotatable bonds is 7. The zero-order chi connectivity index (χ0) is 20.1. The number of benzene rings is 2. The second kappa shape index (κ2) is 8.79. The van der Waals surface area contributed by atoms with Crippen LogP contribution in [0, 0.1) is 15.9 Å². The van der Waals surface area contributed by atoms with Crippen molar-refractivity contribution in [2.24, 2.45) is 0 Å². The van der Waals surface area contributed by atoms with Crippen molar-refractivity contribution in [3.05, 3.63) is 62.9 Å². The van der Waals surface area contributed by atoms with Crippen LogP contribution in [0.4, 0.5) is 15.8 Å². The average molecular weight is 396 g/mol. The van der Waals surface area contributed by atoms with Gasteiger partial charge in [-0.2, -0.15) is 0 Å². The van der Waals surface area contributed by atoms with E-state index in [1.807, 2.05) is 0 Å². The SMILES string of the molecule is COc1ccc([N+](=O)[O-])cc1NC(=O)C(C)N(C)Cc1c(F)cccc1Cl. The highest BCUT2D eigenvalue weighted by atomic mass is 35.5. The fraction of sp³-hybridized carbons (Fsp3) is 0.278. The number of likely N-dealkylation sites (N-methyl/N-ethyl adjacent to an activating group) is 1. The lowest BCUT2D eigenvalue weighted by Crippen LogP contribution is -2.39. The summed E-state index contributed by atoms with van der Waals surface area (Å²) in [6.07, 6.45) is 0.